The second-order valence-corrected chi connectivity index (χ2v) is 7.53. The number of aliphatic hydroxyl groups is 2. The summed E-state index contributed by atoms with van der Waals surface area (Å²) in [7, 11) is 0. The first-order valence-electron chi connectivity index (χ1n) is 10.5. The summed E-state index contributed by atoms with van der Waals surface area (Å²) in [5.74, 6) is 0.0485. The van der Waals surface area contributed by atoms with Crippen molar-refractivity contribution in [1.82, 2.24) is 0 Å². The van der Waals surface area contributed by atoms with Gasteiger partial charge in [-0.2, -0.15) is 0 Å². The summed E-state index contributed by atoms with van der Waals surface area (Å²) in [4.78, 5) is 0. The molecule has 0 heterocycles. The molecule has 2 atom stereocenters. The van der Waals surface area contributed by atoms with Crippen molar-refractivity contribution < 1.29 is 10.2 Å². The Hall–Kier alpha value is -0.0800. The highest BCUT2D eigenvalue weighted by Crippen LogP contribution is 2.19. The molecule has 0 fully saturated rings. The van der Waals surface area contributed by atoms with Gasteiger partial charge in [0.2, 0.25) is 0 Å². The smallest absolute Gasteiger partial charge is 0.0564 e. The van der Waals surface area contributed by atoms with E-state index in [0.29, 0.717) is 0 Å². The van der Waals surface area contributed by atoms with Crippen molar-refractivity contribution in [2.24, 2.45) is 5.92 Å². The van der Waals surface area contributed by atoms with Crippen molar-refractivity contribution in [3.63, 3.8) is 0 Å². The molecule has 2 N–H and O–H groups in total. The van der Waals surface area contributed by atoms with Crippen molar-refractivity contribution in [3.05, 3.63) is 0 Å². The molecule has 0 aliphatic carbocycles. The Bertz CT molecular complexity index is 218. The molecule has 0 rings (SSSR count). The molecule has 0 saturated carbocycles. The molecule has 0 aliphatic rings. The molecule has 0 aromatic heterocycles. The van der Waals surface area contributed by atoms with Gasteiger partial charge in [-0.05, 0) is 20.3 Å². The van der Waals surface area contributed by atoms with Gasteiger partial charge in [-0.15, -0.1) is 0 Å². The van der Waals surface area contributed by atoms with Crippen LogP contribution in [0.3, 0.4) is 0 Å². The highest BCUT2D eigenvalue weighted by Gasteiger charge is 2.19. The van der Waals surface area contributed by atoms with Crippen LogP contribution in [0.5, 0.6) is 0 Å². The zero-order valence-electron chi connectivity index (χ0n) is 16.2. The largest absolute Gasteiger partial charge is 0.393 e. The lowest BCUT2D eigenvalue weighted by Gasteiger charge is -2.22. The summed E-state index contributed by atoms with van der Waals surface area (Å²) in [6, 6.07) is 0. The first kappa shape index (κ1) is 22.9. The van der Waals surface area contributed by atoms with Gasteiger partial charge in [0.1, 0.15) is 0 Å². The van der Waals surface area contributed by atoms with E-state index >= 15 is 0 Å². The van der Waals surface area contributed by atoms with E-state index in [1.54, 1.807) is 13.8 Å². The van der Waals surface area contributed by atoms with Gasteiger partial charge < -0.3 is 10.2 Å². The van der Waals surface area contributed by atoms with Crippen LogP contribution in [0.2, 0.25) is 0 Å². The molecule has 0 aromatic rings. The second-order valence-electron chi connectivity index (χ2n) is 7.53. The van der Waals surface area contributed by atoms with Crippen LogP contribution in [-0.4, -0.2) is 22.4 Å². The zero-order valence-corrected chi connectivity index (χ0v) is 16.2. The van der Waals surface area contributed by atoms with Gasteiger partial charge in [0, 0.05) is 5.92 Å². The van der Waals surface area contributed by atoms with Gasteiger partial charge in [-0.3, -0.25) is 0 Å². The van der Waals surface area contributed by atoms with Gasteiger partial charge in [0.15, 0.2) is 0 Å². The standard InChI is InChI=1S/C21H44O2/c1-4-5-6-7-8-9-10-11-12-13-14-15-16-17-18-21(19(2)22)20(3)23/h19-23H,4-18H2,1-3H3. The van der Waals surface area contributed by atoms with Crippen molar-refractivity contribution in [1.29, 1.82) is 0 Å². The first-order valence-corrected chi connectivity index (χ1v) is 10.5. The zero-order chi connectivity index (χ0) is 17.3. The SMILES string of the molecule is CCCCCCCCCCCCCCCCC(C(C)O)C(C)O. The van der Waals surface area contributed by atoms with Crippen LogP contribution >= 0.6 is 0 Å². The maximum absolute atomic E-state index is 9.63. The third-order valence-electron chi connectivity index (χ3n) is 5.13. The lowest BCUT2D eigenvalue weighted by Crippen LogP contribution is -2.27. The fourth-order valence-corrected chi connectivity index (χ4v) is 3.46. The Morgan fingerprint density at radius 2 is 0.826 bits per heavy atom. The molecule has 23 heavy (non-hydrogen) atoms. The minimum absolute atomic E-state index is 0.0485. The summed E-state index contributed by atoms with van der Waals surface area (Å²) in [6.45, 7) is 5.86. The van der Waals surface area contributed by atoms with Gasteiger partial charge in [0.25, 0.3) is 0 Å². The molecule has 2 heteroatoms. The van der Waals surface area contributed by atoms with Crippen molar-refractivity contribution in [3.8, 4) is 0 Å². The lowest BCUT2D eigenvalue weighted by molar-refractivity contribution is 0.0258. The van der Waals surface area contributed by atoms with E-state index in [1.165, 1.54) is 83.5 Å². The van der Waals surface area contributed by atoms with Gasteiger partial charge in [0.05, 0.1) is 12.2 Å². The Balaban J connectivity index is 3.21. The number of unbranched alkanes of at least 4 members (excludes halogenated alkanes) is 13. The van der Waals surface area contributed by atoms with Gasteiger partial charge in [-0.25, -0.2) is 0 Å². The van der Waals surface area contributed by atoms with E-state index in [9.17, 15) is 10.2 Å². The van der Waals surface area contributed by atoms with Gasteiger partial charge in [-0.1, -0.05) is 96.8 Å². The number of hydrogen-bond donors (Lipinski definition) is 2. The molecule has 0 aromatic carbocycles. The Morgan fingerprint density at radius 3 is 1.13 bits per heavy atom. The third kappa shape index (κ3) is 15.2. The summed E-state index contributed by atoms with van der Waals surface area (Å²) >= 11 is 0. The Labute approximate surface area is 146 Å². The van der Waals surface area contributed by atoms with E-state index < -0.39 is 12.2 Å². The van der Waals surface area contributed by atoms with Crippen molar-refractivity contribution in [2.45, 2.75) is 129 Å². The van der Waals surface area contributed by atoms with Crippen LogP contribution in [0.15, 0.2) is 0 Å². The molecule has 2 nitrogen and oxygen atoms in total. The van der Waals surface area contributed by atoms with Crippen molar-refractivity contribution >= 4 is 0 Å². The molecule has 0 amide bonds. The summed E-state index contributed by atoms with van der Waals surface area (Å²) in [5, 5.41) is 19.3. The predicted octanol–water partition coefficient (Wildman–Crippen LogP) is 6.24. The van der Waals surface area contributed by atoms with Crippen LogP contribution < -0.4 is 0 Å². The molecule has 0 aliphatic heterocycles. The van der Waals surface area contributed by atoms with E-state index in [2.05, 4.69) is 6.92 Å². The Morgan fingerprint density at radius 1 is 0.522 bits per heavy atom. The third-order valence-corrected chi connectivity index (χ3v) is 5.13. The monoisotopic (exact) mass is 328 g/mol. The maximum Gasteiger partial charge on any atom is 0.0564 e. The van der Waals surface area contributed by atoms with Crippen LogP contribution in [0.1, 0.15) is 117 Å². The van der Waals surface area contributed by atoms with Crippen LogP contribution in [0.25, 0.3) is 0 Å². The fourth-order valence-electron chi connectivity index (χ4n) is 3.46. The van der Waals surface area contributed by atoms with Gasteiger partial charge >= 0.3 is 0 Å². The van der Waals surface area contributed by atoms with Crippen LogP contribution in [0.4, 0.5) is 0 Å². The molecular formula is C21H44O2. The van der Waals surface area contributed by atoms with E-state index in [4.69, 9.17) is 0 Å². The number of rotatable bonds is 17. The maximum atomic E-state index is 9.63. The molecule has 2 unspecified atom stereocenters. The molecule has 0 radical (unpaired) electrons. The second kappa shape index (κ2) is 16.8. The highest BCUT2D eigenvalue weighted by atomic mass is 16.3. The molecular weight excluding hydrogens is 284 g/mol. The highest BCUT2D eigenvalue weighted by molar-refractivity contribution is 4.70. The van der Waals surface area contributed by atoms with Crippen LogP contribution in [-0.2, 0) is 0 Å². The summed E-state index contributed by atoms with van der Waals surface area (Å²) < 4.78 is 0. The molecule has 0 bridgehead atoms. The predicted molar refractivity (Wildman–Crippen MR) is 102 cm³/mol. The summed E-state index contributed by atoms with van der Waals surface area (Å²) in [5.41, 5.74) is 0. The van der Waals surface area contributed by atoms with E-state index in [1.807, 2.05) is 0 Å². The van der Waals surface area contributed by atoms with E-state index in [-0.39, 0.29) is 5.92 Å². The minimum atomic E-state index is -0.392. The normalized spacial score (nSPS) is 15.5. The summed E-state index contributed by atoms with van der Waals surface area (Å²) in [6.07, 6.45) is 19.3. The van der Waals surface area contributed by atoms with E-state index in [0.717, 1.165) is 12.8 Å². The van der Waals surface area contributed by atoms with Crippen molar-refractivity contribution in [2.75, 3.05) is 0 Å². The molecule has 0 saturated heterocycles. The molecule has 0 spiro atoms. The lowest BCUT2D eigenvalue weighted by atomic mass is 9.91. The topological polar surface area (TPSA) is 40.5 Å². The number of hydrogen-bond acceptors (Lipinski definition) is 2. The van der Waals surface area contributed by atoms with Crippen LogP contribution in [0, 0.1) is 5.92 Å². The average molecular weight is 329 g/mol. The fraction of sp³-hybridized carbons (Fsp3) is 1.00. The quantitative estimate of drug-likeness (QED) is 0.310. The number of aliphatic hydroxyl groups excluding tert-OH is 2. The molecule has 140 valence electrons. The minimum Gasteiger partial charge on any atom is -0.393 e. The Kier molecular flexibility index (Phi) is 16.7. The first-order chi connectivity index (χ1) is 11.1. The average Bonchev–Trinajstić information content (AvgIpc) is 2.50.